The number of ketones is 1. The van der Waals surface area contributed by atoms with Gasteiger partial charge in [-0.1, -0.05) is 6.42 Å². The molecule has 3 rings (SSSR count). The lowest BCUT2D eigenvalue weighted by Gasteiger charge is -2.28. The maximum Gasteiger partial charge on any atom is 0.247 e. The first kappa shape index (κ1) is 14.5. The number of hydrogen-bond donors (Lipinski definition) is 0. The average molecular weight is 290 g/mol. The lowest BCUT2D eigenvalue weighted by molar-refractivity contribution is -0.142. The van der Waals surface area contributed by atoms with E-state index >= 15 is 0 Å². The number of amides is 1. The number of nitriles is 1. The first-order chi connectivity index (χ1) is 10.2. The summed E-state index contributed by atoms with van der Waals surface area (Å²) in [5, 5.41) is 9.25. The zero-order valence-corrected chi connectivity index (χ0v) is 12.3. The molecule has 2 aliphatic carbocycles. The van der Waals surface area contributed by atoms with Crippen molar-refractivity contribution in [2.24, 2.45) is 23.7 Å². The fraction of sp³-hybridized carbons (Fsp3) is 0.812. The SMILES string of the molecule is N#C[C@@H](C(=O)C[C@H]1C[C@H]2CC[C@H]1C2)C(=O)N1CCOCC1. The van der Waals surface area contributed by atoms with E-state index < -0.39 is 5.92 Å². The summed E-state index contributed by atoms with van der Waals surface area (Å²) in [4.78, 5) is 26.3. The van der Waals surface area contributed by atoms with Gasteiger partial charge in [-0.15, -0.1) is 0 Å². The fourth-order valence-electron chi connectivity index (χ4n) is 4.23. The second-order valence-corrected chi connectivity index (χ2v) is 6.61. The molecule has 0 N–H and O–H groups in total. The van der Waals surface area contributed by atoms with Crippen molar-refractivity contribution in [2.75, 3.05) is 26.3 Å². The van der Waals surface area contributed by atoms with Crippen molar-refractivity contribution in [3.63, 3.8) is 0 Å². The molecule has 1 saturated heterocycles. The van der Waals surface area contributed by atoms with Crippen LogP contribution < -0.4 is 0 Å². The number of carbonyl (C=O) groups is 2. The van der Waals surface area contributed by atoms with Crippen LogP contribution in [0.15, 0.2) is 0 Å². The van der Waals surface area contributed by atoms with Gasteiger partial charge in [0.1, 0.15) is 0 Å². The fourth-order valence-corrected chi connectivity index (χ4v) is 4.23. The number of Topliss-reactive ketones (excluding diaryl/α,β-unsaturated/α-hetero) is 1. The van der Waals surface area contributed by atoms with Gasteiger partial charge in [-0.25, -0.2) is 0 Å². The highest BCUT2D eigenvalue weighted by atomic mass is 16.5. The summed E-state index contributed by atoms with van der Waals surface area (Å²) in [5.41, 5.74) is 0. The second kappa shape index (κ2) is 6.15. The molecule has 5 heteroatoms. The van der Waals surface area contributed by atoms with Crippen molar-refractivity contribution in [1.82, 2.24) is 4.90 Å². The highest BCUT2D eigenvalue weighted by Gasteiger charge is 2.42. The van der Waals surface area contributed by atoms with E-state index in [1.54, 1.807) is 4.90 Å². The zero-order chi connectivity index (χ0) is 14.8. The maximum atomic E-state index is 12.4. The summed E-state index contributed by atoms with van der Waals surface area (Å²) >= 11 is 0. The van der Waals surface area contributed by atoms with Gasteiger partial charge >= 0.3 is 0 Å². The summed E-state index contributed by atoms with van der Waals surface area (Å²) in [6, 6.07) is 1.94. The van der Waals surface area contributed by atoms with Crippen LogP contribution in [0, 0.1) is 35.0 Å². The second-order valence-electron chi connectivity index (χ2n) is 6.61. The molecule has 1 amide bonds. The third kappa shape index (κ3) is 2.96. The van der Waals surface area contributed by atoms with E-state index in [0.29, 0.717) is 44.6 Å². The number of fused-ring (bicyclic) bond motifs is 2. The molecular formula is C16H22N2O3. The van der Waals surface area contributed by atoms with Gasteiger partial charge in [0.15, 0.2) is 11.7 Å². The maximum absolute atomic E-state index is 12.4. The Morgan fingerprint density at radius 3 is 2.57 bits per heavy atom. The molecule has 0 radical (unpaired) electrons. The lowest BCUT2D eigenvalue weighted by Crippen LogP contribution is -2.45. The van der Waals surface area contributed by atoms with E-state index in [-0.39, 0.29) is 11.7 Å². The number of nitrogens with zero attached hydrogens (tertiary/aromatic N) is 2. The Bertz CT molecular complexity index is 465. The summed E-state index contributed by atoms with van der Waals surface area (Å²) in [7, 11) is 0. The minimum Gasteiger partial charge on any atom is -0.378 e. The van der Waals surface area contributed by atoms with Crippen molar-refractivity contribution in [1.29, 1.82) is 5.26 Å². The quantitative estimate of drug-likeness (QED) is 0.733. The van der Waals surface area contributed by atoms with Crippen molar-refractivity contribution >= 4 is 11.7 Å². The topological polar surface area (TPSA) is 70.4 Å². The first-order valence-electron chi connectivity index (χ1n) is 7.98. The Labute approximate surface area is 125 Å². The van der Waals surface area contributed by atoms with Gasteiger partial charge in [0, 0.05) is 19.5 Å². The van der Waals surface area contributed by atoms with Crippen molar-refractivity contribution < 1.29 is 14.3 Å². The molecule has 5 nitrogen and oxygen atoms in total. The minimum atomic E-state index is -1.11. The van der Waals surface area contributed by atoms with E-state index in [4.69, 9.17) is 4.74 Å². The van der Waals surface area contributed by atoms with E-state index in [9.17, 15) is 14.9 Å². The van der Waals surface area contributed by atoms with Crippen LogP contribution in [-0.4, -0.2) is 42.9 Å². The van der Waals surface area contributed by atoms with Crippen LogP contribution >= 0.6 is 0 Å². The largest absolute Gasteiger partial charge is 0.378 e. The molecule has 0 spiro atoms. The van der Waals surface area contributed by atoms with Crippen LogP contribution in [0.3, 0.4) is 0 Å². The lowest BCUT2D eigenvalue weighted by atomic mass is 9.83. The molecule has 0 aromatic heterocycles. The molecule has 0 aromatic rings. The molecule has 3 aliphatic rings. The number of hydrogen-bond acceptors (Lipinski definition) is 4. The van der Waals surface area contributed by atoms with Gasteiger partial charge < -0.3 is 9.64 Å². The number of carbonyl (C=O) groups excluding carboxylic acids is 2. The van der Waals surface area contributed by atoms with Crippen LogP contribution in [0.25, 0.3) is 0 Å². The number of rotatable bonds is 4. The van der Waals surface area contributed by atoms with Gasteiger partial charge in [-0.05, 0) is 37.0 Å². The Hall–Kier alpha value is -1.41. The first-order valence-corrected chi connectivity index (χ1v) is 7.98. The van der Waals surface area contributed by atoms with Crippen LogP contribution in [0.5, 0.6) is 0 Å². The van der Waals surface area contributed by atoms with Gasteiger partial charge in [-0.2, -0.15) is 5.26 Å². The molecule has 114 valence electrons. The predicted octanol–water partition coefficient (Wildman–Crippen LogP) is 1.38. The van der Waals surface area contributed by atoms with E-state index in [0.717, 1.165) is 12.3 Å². The van der Waals surface area contributed by atoms with Gasteiger partial charge in [0.25, 0.3) is 0 Å². The molecule has 21 heavy (non-hydrogen) atoms. The van der Waals surface area contributed by atoms with E-state index in [1.165, 1.54) is 19.3 Å². The van der Waals surface area contributed by atoms with Crippen LogP contribution in [-0.2, 0) is 14.3 Å². The Morgan fingerprint density at radius 2 is 2.00 bits per heavy atom. The van der Waals surface area contributed by atoms with E-state index in [1.807, 2.05) is 6.07 Å². The summed E-state index contributed by atoms with van der Waals surface area (Å²) in [6.07, 6.45) is 5.28. The van der Waals surface area contributed by atoms with Crippen LogP contribution in [0.2, 0.25) is 0 Å². The summed E-state index contributed by atoms with van der Waals surface area (Å²) in [6.45, 7) is 1.95. The monoisotopic (exact) mass is 290 g/mol. The van der Waals surface area contributed by atoms with Crippen LogP contribution in [0.4, 0.5) is 0 Å². The molecule has 3 fully saturated rings. The molecule has 1 aliphatic heterocycles. The minimum absolute atomic E-state index is 0.174. The zero-order valence-electron chi connectivity index (χ0n) is 12.3. The van der Waals surface area contributed by atoms with E-state index in [2.05, 4.69) is 0 Å². The van der Waals surface area contributed by atoms with Crippen molar-refractivity contribution in [2.45, 2.75) is 32.1 Å². The molecule has 2 saturated carbocycles. The summed E-state index contributed by atoms with van der Waals surface area (Å²) in [5.74, 6) is 0.229. The molecule has 1 heterocycles. The highest BCUT2D eigenvalue weighted by Crippen LogP contribution is 2.49. The standard InChI is InChI=1S/C16H22N2O3/c17-10-14(16(20)18-3-5-21-6-4-18)15(19)9-13-8-11-1-2-12(13)7-11/h11-14H,1-9H2/t11-,12-,13+,14-/m0/s1. The number of ether oxygens (including phenoxy) is 1. The molecule has 4 atom stereocenters. The normalized spacial score (nSPS) is 32.7. The number of morpholine rings is 1. The van der Waals surface area contributed by atoms with Crippen molar-refractivity contribution in [3.8, 4) is 6.07 Å². The van der Waals surface area contributed by atoms with Crippen LogP contribution in [0.1, 0.15) is 32.1 Å². The Morgan fingerprint density at radius 1 is 1.24 bits per heavy atom. The highest BCUT2D eigenvalue weighted by molar-refractivity contribution is 6.04. The molecule has 2 bridgehead atoms. The third-order valence-corrected chi connectivity index (χ3v) is 5.37. The summed E-state index contributed by atoms with van der Waals surface area (Å²) < 4.78 is 5.20. The van der Waals surface area contributed by atoms with Gasteiger partial charge in [0.05, 0.1) is 19.3 Å². The Kier molecular flexibility index (Phi) is 4.25. The van der Waals surface area contributed by atoms with Gasteiger partial charge in [0.2, 0.25) is 5.91 Å². The van der Waals surface area contributed by atoms with Gasteiger partial charge in [-0.3, -0.25) is 9.59 Å². The molecule has 0 aromatic carbocycles. The predicted molar refractivity (Wildman–Crippen MR) is 75.1 cm³/mol. The molecule has 0 unspecified atom stereocenters. The molecular weight excluding hydrogens is 268 g/mol. The smallest absolute Gasteiger partial charge is 0.247 e. The average Bonchev–Trinajstić information content (AvgIpc) is 3.11. The third-order valence-electron chi connectivity index (χ3n) is 5.37. The van der Waals surface area contributed by atoms with Crippen molar-refractivity contribution in [3.05, 3.63) is 0 Å². The Balaban J connectivity index is 1.58.